The van der Waals surface area contributed by atoms with Gasteiger partial charge in [-0.15, -0.1) is 0 Å². The molecule has 130 valence electrons. The summed E-state index contributed by atoms with van der Waals surface area (Å²) in [6.07, 6.45) is 3.95. The van der Waals surface area contributed by atoms with Gasteiger partial charge in [-0.05, 0) is 31.0 Å². The summed E-state index contributed by atoms with van der Waals surface area (Å²) >= 11 is 0. The SMILES string of the molecule is CC(=O)N(C)C[C@H](O)c1ccc(OCCCn2ccnc2C)cc1. The van der Waals surface area contributed by atoms with Crippen molar-refractivity contribution in [2.75, 3.05) is 20.2 Å². The molecule has 0 saturated heterocycles. The van der Waals surface area contributed by atoms with Crippen molar-refractivity contribution < 1.29 is 14.6 Å². The highest BCUT2D eigenvalue weighted by molar-refractivity contribution is 5.72. The maximum Gasteiger partial charge on any atom is 0.219 e. The number of aliphatic hydroxyl groups excluding tert-OH is 1. The van der Waals surface area contributed by atoms with Crippen molar-refractivity contribution in [1.29, 1.82) is 0 Å². The molecule has 0 radical (unpaired) electrons. The van der Waals surface area contributed by atoms with Crippen molar-refractivity contribution in [2.45, 2.75) is 32.9 Å². The molecule has 24 heavy (non-hydrogen) atoms. The topological polar surface area (TPSA) is 67.6 Å². The van der Waals surface area contributed by atoms with E-state index in [9.17, 15) is 9.90 Å². The third kappa shape index (κ3) is 5.09. The molecular weight excluding hydrogens is 306 g/mol. The van der Waals surface area contributed by atoms with Gasteiger partial charge in [0.1, 0.15) is 11.6 Å². The Morgan fingerprint density at radius 1 is 1.38 bits per heavy atom. The number of carbonyl (C=O) groups is 1. The van der Waals surface area contributed by atoms with Crippen LogP contribution in [-0.4, -0.2) is 45.7 Å². The average molecular weight is 331 g/mol. The number of ether oxygens (including phenoxy) is 1. The van der Waals surface area contributed by atoms with Gasteiger partial charge in [-0.2, -0.15) is 0 Å². The maximum atomic E-state index is 11.2. The van der Waals surface area contributed by atoms with E-state index in [1.807, 2.05) is 37.4 Å². The zero-order chi connectivity index (χ0) is 17.5. The molecule has 0 aliphatic carbocycles. The maximum absolute atomic E-state index is 11.2. The van der Waals surface area contributed by atoms with Crippen LogP contribution in [0.15, 0.2) is 36.7 Å². The van der Waals surface area contributed by atoms with E-state index >= 15 is 0 Å². The van der Waals surface area contributed by atoms with Crippen LogP contribution in [-0.2, 0) is 11.3 Å². The molecule has 0 aliphatic rings. The van der Waals surface area contributed by atoms with Gasteiger partial charge in [-0.3, -0.25) is 4.79 Å². The zero-order valence-electron chi connectivity index (χ0n) is 14.5. The number of benzene rings is 1. The summed E-state index contributed by atoms with van der Waals surface area (Å²) in [5.41, 5.74) is 0.768. The number of aliphatic hydroxyl groups is 1. The fourth-order valence-electron chi connectivity index (χ4n) is 2.34. The number of hydrogen-bond acceptors (Lipinski definition) is 4. The van der Waals surface area contributed by atoms with E-state index in [4.69, 9.17) is 4.74 Å². The van der Waals surface area contributed by atoms with Gasteiger partial charge in [0.15, 0.2) is 0 Å². The lowest BCUT2D eigenvalue weighted by molar-refractivity contribution is -0.128. The van der Waals surface area contributed by atoms with Crippen molar-refractivity contribution in [3.05, 3.63) is 48.0 Å². The fraction of sp³-hybridized carbons (Fsp3) is 0.444. The van der Waals surface area contributed by atoms with Crippen LogP contribution >= 0.6 is 0 Å². The quantitative estimate of drug-likeness (QED) is 0.753. The van der Waals surface area contributed by atoms with Gasteiger partial charge in [0.25, 0.3) is 0 Å². The van der Waals surface area contributed by atoms with Crippen LogP contribution in [0.4, 0.5) is 0 Å². The Morgan fingerprint density at radius 3 is 2.67 bits per heavy atom. The lowest BCUT2D eigenvalue weighted by atomic mass is 10.1. The van der Waals surface area contributed by atoms with E-state index in [-0.39, 0.29) is 12.5 Å². The number of nitrogens with zero attached hydrogens (tertiary/aromatic N) is 3. The molecule has 1 N–H and O–H groups in total. The second-order valence-electron chi connectivity index (χ2n) is 5.85. The van der Waals surface area contributed by atoms with Crippen LogP contribution in [0.25, 0.3) is 0 Å². The molecule has 6 nitrogen and oxygen atoms in total. The molecule has 0 unspecified atom stereocenters. The Labute approximate surface area is 142 Å². The molecule has 2 rings (SSSR count). The second-order valence-corrected chi connectivity index (χ2v) is 5.85. The summed E-state index contributed by atoms with van der Waals surface area (Å²) in [6.45, 7) is 5.23. The number of likely N-dealkylation sites (N-methyl/N-ethyl adjacent to an activating group) is 1. The number of hydrogen-bond donors (Lipinski definition) is 1. The first-order valence-corrected chi connectivity index (χ1v) is 8.07. The predicted molar refractivity (Wildman–Crippen MR) is 91.8 cm³/mol. The Kier molecular flexibility index (Phi) is 6.37. The molecule has 1 aromatic carbocycles. The highest BCUT2D eigenvalue weighted by atomic mass is 16.5. The van der Waals surface area contributed by atoms with Gasteiger partial charge in [0.05, 0.1) is 19.3 Å². The minimum atomic E-state index is -0.697. The van der Waals surface area contributed by atoms with E-state index in [1.54, 1.807) is 13.2 Å². The lowest BCUT2D eigenvalue weighted by Crippen LogP contribution is -2.28. The molecule has 0 saturated carbocycles. The molecule has 1 amide bonds. The number of imidazole rings is 1. The smallest absolute Gasteiger partial charge is 0.219 e. The van der Waals surface area contributed by atoms with Crippen LogP contribution in [0.2, 0.25) is 0 Å². The Balaban J connectivity index is 1.77. The molecule has 0 bridgehead atoms. The summed E-state index contributed by atoms with van der Waals surface area (Å²) in [7, 11) is 1.67. The van der Waals surface area contributed by atoms with Crippen LogP contribution in [0.3, 0.4) is 0 Å². The van der Waals surface area contributed by atoms with Crippen molar-refractivity contribution in [3.8, 4) is 5.75 Å². The van der Waals surface area contributed by atoms with E-state index in [1.165, 1.54) is 11.8 Å². The average Bonchev–Trinajstić information content (AvgIpc) is 2.97. The van der Waals surface area contributed by atoms with Gasteiger partial charge in [-0.1, -0.05) is 12.1 Å². The Bertz CT molecular complexity index is 652. The zero-order valence-corrected chi connectivity index (χ0v) is 14.5. The fourth-order valence-corrected chi connectivity index (χ4v) is 2.34. The lowest BCUT2D eigenvalue weighted by Gasteiger charge is -2.19. The number of rotatable bonds is 8. The number of aromatic nitrogens is 2. The summed E-state index contributed by atoms with van der Waals surface area (Å²) in [4.78, 5) is 16.9. The number of amides is 1. The largest absolute Gasteiger partial charge is 0.494 e. The van der Waals surface area contributed by atoms with Crippen LogP contribution in [0.1, 0.15) is 30.8 Å². The highest BCUT2D eigenvalue weighted by Gasteiger charge is 2.12. The molecule has 0 spiro atoms. The predicted octanol–water partition coefficient (Wildman–Crippen LogP) is 2.17. The van der Waals surface area contributed by atoms with E-state index < -0.39 is 6.10 Å². The van der Waals surface area contributed by atoms with Gasteiger partial charge < -0.3 is 19.3 Å². The molecule has 0 fully saturated rings. The summed E-state index contributed by atoms with van der Waals surface area (Å²) in [5.74, 6) is 1.71. The van der Waals surface area contributed by atoms with Gasteiger partial charge in [-0.25, -0.2) is 4.98 Å². The molecular formula is C18H25N3O3. The molecule has 1 heterocycles. The third-order valence-corrected chi connectivity index (χ3v) is 3.98. The van der Waals surface area contributed by atoms with E-state index in [2.05, 4.69) is 9.55 Å². The van der Waals surface area contributed by atoms with E-state index in [0.717, 1.165) is 30.1 Å². The van der Waals surface area contributed by atoms with Gasteiger partial charge >= 0.3 is 0 Å². The molecule has 6 heteroatoms. The highest BCUT2D eigenvalue weighted by Crippen LogP contribution is 2.18. The number of aryl methyl sites for hydroxylation is 2. The van der Waals surface area contributed by atoms with Crippen LogP contribution < -0.4 is 4.74 Å². The molecule has 1 atom stereocenters. The molecule has 1 aromatic heterocycles. The Morgan fingerprint density at radius 2 is 2.08 bits per heavy atom. The van der Waals surface area contributed by atoms with E-state index in [0.29, 0.717) is 6.61 Å². The van der Waals surface area contributed by atoms with Crippen molar-refractivity contribution >= 4 is 5.91 Å². The first-order valence-electron chi connectivity index (χ1n) is 8.07. The molecule has 0 aliphatic heterocycles. The standard InChI is InChI=1S/C18H25N3O3/c1-14-19-9-11-21(14)10-4-12-24-17-7-5-16(6-8-17)18(23)13-20(3)15(2)22/h5-9,11,18,23H,4,10,12-13H2,1-3H3/t18-/m0/s1. The summed E-state index contributed by atoms with van der Waals surface area (Å²) < 4.78 is 7.81. The first kappa shape index (κ1) is 18.0. The number of carbonyl (C=O) groups excluding carboxylic acids is 1. The summed E-state index contributed by atoms with van der Waals surface area (Å²) in [5, 5.41) is 10.1. The second kappa shape index (κ2) is 8.49. The molecule has 2 aromatic rings. The van der Waals surface area contributed by atoms with Crippen molar-refractivity contribution in [2.24, 2.45) is 0 Å². The Hall–Kier alpha value is -2.34. The summed E-state index contributed by atoms with van der Waals surface area (Å²) in [6, 6.07) is 7.34. The monoisotopic (exact) mass is 331 g/mol. The van der Waals surface area contributed by atoms with Gasteiger partial charge in [0, 0.05) is 32.9 Å². The van der Waals surface area contributed by atoms with Crippen LogP contribution in [0.5, 0.6) is 5.75 Å². The first-order chi connectivity index (χ1) is 11.5. The third-order valence-electron chi connectivity index (χ3n) is 3.98. The van der Waals surface area contributed by atoms with Crippen LogP contribution in [0, 0.1) is 6.92 Å². The minimum absolute atomic E-state index is 0.0675. The van der Waals surface area contributed by atoms with Crippen molar-refractivity contribution in [1.82, 2.24) is 14.5 Å². The van der Waals surface area contributed by atoms with Crippen molar-refractivity contribution in [3.63, 3.8) is 0 Å². The minimum Gasteiger partial charge on any atom is -0.494 e. The normalized spacial score (nSPS) is 12.0. The van der Waals surface area contributed by atoms with Gasteiger partial charge in [0.2, 0.25) is 5.91 Å².